The molecule has 1 aromatic rings. The van der Waals surface area contributed by atoms with Crippen LogP contribution in [0.3, 0.4) is 0 Å². The molecule has 0 radical (unpaired) electrons. The van der Waals surface area contributed by atoms with Gasteiger partial charge in [0.15, 0.2) is 0 Å². The fraction of sp³-hybridized carbons (Fsp3) is 0.667. The van der Waals surface area contributed by atoms with Crippen molar-refractivity contribution in [2.24, 2.45) is 5.84 Å². The molecule has 0 saturated carbocycles. The van der Waals surface area contributed by atoms with Gasteiger partial charge in [0, 0.05) is 29.7 Å². The first-order valence-electron chi connectivity index (χ1n) is 6.34. The van der Waals surface area contributed by atoms with Crippen LogP contribution in [0.1, 0.15) is 24.7 Å². The second kappa shape index (κ2) is 5.75. The Morgan fingerprint density at radius 3 is 2.89 bits per heavy atom. The number of nitrogens with zero attached hydrogens (tertiary/aromatic N) is 3. The topological polar surface area (TPSA) is 67.1 Å². The van der Waals surface area contributed by atoms with E-state index in [4.69, 9.17) is 5.84 Å². The average molecular weight is 267 g/mol. The Balaban J connectivity index is 2.29. The normalized spacial score (nSPS) is 20.0. The third-order valence-electron chi connectivity index (χ3n) is 3.26. The van der Waals surface area contributed by atoms with Crippen LogP contribution >= 0.6 is 11.8 Å². The number of anilines is 2. The van der Waals surface area contributed by atoms with Crippen LogP contribution in [0.5, 0.6) is 0 Å². The third kappa shape index (κ3) is 2.70. The van der Waals surface area contributed by atoms with Crippen molar-refractivity contribution in [1.29, 1.82) is 0 Å². The molecule has 1 aromatic heterocycles. The maximum Gasteiger partial charge on any atom is 0.148 e. The molecule has 0 bridgehead atoms. The molecule has 1 aliphatic heterocycles. The molecule has 1 unspecified atom stereocenters. The number of hydrogen-bond donors (Lipinski definition) is 2. The summed E-state index contributed by atoms with van der Waals surface area (Å²) in [6.45, 7) is 8.27. The van der Waals surface area contributed by atoms with Crippen molar-refractivity contribution in [3.05, 3.63) is 11.4 Å². The minimum absolute atomic E-state index is 0.697. The van der Waals surface area contributed by atoms with Gasteiger partial charge in [0.1, 0.15) is 17.5 Å². The minimum Gasteiger partial charge on any atom is -0.354 e. The fourth-order valence-electron chi connectivity index (χ4n) is 2.22. The van der Waals surface area contributed by atoms with Crippen molar-refractivity contribution in [1.82, 2.24) is 9.97 Å². The predicted molar refractivity (Wildman–Crippen MR) is 78.1 cm³/mol. The van der Waals surface area contributed by atoms with Gasteiger partial charge in [0.2, 0.25) is 0 Å². The Kier molecular flexibility index (Phi) is 4.29. The monoisotopic (exact) mass is 267 g/mol. The smallest absolute Gasteiger partial charge is 0.148 e. The highest BCUT2D eigenvalue weighted by Crippen LogP contribution is 2.28. The van der Waals surface area contributed by atoms with Crippen molar-refractivity contribution >= 4 is 23.4 Å². The zero-order valence-corrected chi connectivity index (χ0v) is 12.0. The van der Waals surface area contributed by atoms with E-state index in [-0.39, 0.29) is 0 Å². The van der Waals surface area contributed by atoms with E-state index < -0.39 is 0 Å². The van der Waals surface area contributed by atoms with E-state index in [1.54, 1.807) is 0 Å². The Morgan fingerprint density at radius 1 is 1.44 bits per heavy atom. The molecular weight excluding hydrogens is 246 g/mol. The van der Waals surface area contributed by atoms with Crippen LogP contribution in [-0.2, 0) is 0 Å². The molecule has 0 aromatic carbocycles. The zero-order valence-electron chi connectivity index (χ0n) is 11.2. The van der Waals surface area contributed by atoms with Gasteiger partial charge < -0.3 is 10.3 Å². The molecule has 0 spiro atoms. The van der Waals surface area contributed by atoms with Crippen molar-refractivity contribution in [3.8, 4) is 0 Å². The third-order valence-corrected chi connectivity index (χ3v) is 4.63. The lowest BCUT2D eigenvalue weighted by molar-refractivity contribution is 0.714. The first-order valence-corrected chi connectivity index (χ1v) is 7.39. The van der Waals surface area contributed by atoms with E-state index in [9.17, 15) is 0 Å². The molecule has 0 amide bonds. The number of nitrogens with one attached hydrogen (secondary N) is 1. The van der Waals surface area contributed by atoms with E-state index in [1.165, 1.54) is 6.42 Å². The quantitative estimate of drug-likeness (QED) is 0.642. The van der Waals surface area contributed by atoms with Gasteiger partial charge in [-0.05, 0) is 20.3 Å². The molecule has 100 valence electrons. The highest BCUT2D eigenvalue weighted by molar-refractivity contribution is 8.00. The summed E-state index contributed by atoms with van der Waals surface area (Å²) in [5, 5.41) is 0.697. The van der Waals surface area contributed by atoms with Crippen LogP contribution in [0.15, 0.2) is 0 Å². The van der Waals surface area contributed by atoms with E-state index >= 15 is 0 Å². The summed E-state index contributed by atoms with van der Waals surface area (Å²) in [6, 6.07) is 0. The molecule has 2 heterocycles. The van der Waals surface area contributed by atoms with Gasteiger partial charge in [-0.15, -0.1) is 0 Å². The summed E-state index contributed by atoms with van der Waals surface area (Å²) < 4.78 is 0. The molecular formula is C12H21N5S. The number of aromatic nitrogens is 2. The first-order chi connectivity index (χ1) is 8.65. The van der Waals surface area contributed by atoms with Gasteiger partial charge in [0.05, 0.1) is 0 Å². The number of nitrogen functional groups attached to an aromatic ring is 1. The Morgan fingerprint density at radius 2 is 2.22 bits per heavy atom. The number of rotatable bonds is 3. The van der Waals surface area contributed by atoms with Crippen LogP contribution in [0, 0.1) is 13.8 Å². The fourth-order valence-corrected chi connectivity index (χ4v) is 3.40. The minimum atomic E-state index is 0.697. The molecule has 18 heavy (non-hydrogen) atoms. The van der Waals surface area contributed by atoms with Crippen LogP contribution < -0.4 is 16.2 Å². The van der Waals surface area contributed by atoms with Crippen LogP contribution in [-0.4, -0.2) is 34.1 Å². The standard InChI is InChI=1S/C12H21N5S/c1-4-10-7-17(5-6-18-10)12-8(2)11(16-13)14-9(3)15-12/h10H,4-7,13H2,1-3H3,(H,14,15,16). The lowest BCUT2D eigenvalue weighted by Gasteiger charge is -2.34. The SMILES string of the molecule is CCC1CN(c2nc(C)nc(NN)c2C)CCS1. The van der Waals surface area contributed by atoms with E-state index in [0.29, 0.717) is 5.25 Å². The van der Waals surface area contributed by atoms with Crippen LogP contribution in [0.2, 0.25) is 0 Å². The number of hydrogen-bond acceptors (Lipinski definition) is 6. The Bertz CT molecular complexity index is 423. The molecule has 1 saturated heterocycles. The molecule has 6 heteroatoms. The van der Waals surface area contributed by atoms with E-state index in [1.807, 2.05) is 13.8 Å². The Hall–Kier alpha value is -1.01. The molecule has 1 fully saturated rings. The summed E-state index contributed by atoms with van der Waals surface area (Å²) >= 11 is 2.06. The second-order valence-electron chi connectivity index (χ2n) is 4.56. The van der Waals surface area contributed by atoms with Gasteiger partial charge in [-0.1, -0.05) is 6.92 Å². The van der Waals surface area contributed by atoms with E-state index in [2.05, 4.69) is 39.0 Å². The van der Waals surface area contributed by atoms with Gasteiger partial charge in [-0.3, -0.25) is 0 Å². The van der Waals surface area contributed by atoms with Crippen LogP contribution in [0.25, 0.3) is 0 Å². The zero-order chi connectivity index (χ0) is 13.1. The van der Waals surface area contributed by atoms with Crippen molar-refractivity contribution in [2.45, 2.75) is 32.4 Å². The molecule has 1 atom stereocenters. The van der Waals surface area contributed by atoms with Gasteiger partial charge in [-0.2, -0.15) is 11.8 Å². The summed E-state index contributed by atoms with van der Waals surface area (Å²) in [5.41, 5.74) is 3.69. The second-order valence-corrected chi connectivity index (χ2v) is 5.97. The highest BCUT2D eigenvalue weighted by atomic mass is 32.2. The number of nitrogens with two attached hydrogens (primary N) is 1. The van der Waals surface area contributed by atoms with Crippen molar-refractivity contribution in [2.75, 3.05) is 29.2 Å². The first kappa shape index (κ1) is 13.4. The number of aryl methyl sites for hydroxylation is 1. The molecule has 5 nitrogen and oxygen atoms in total. The molecule has 3 N–H and O–H groups in total. The lowest BCUT2D eigenvalue weighted by Crippen LogP contribution is -2.38. The summed E-state index contributed by atoms with van der Waals surface area (Å²) in [7, 11) is 0. The predicted octanol–water partition coefficient (Wildman–Crippen LogP) is 1.71. The molecule has 2 rings (SSSR count). The maximum absolute atomic E-state index is 5.51. The van der Waals surface area contributed by atoms with E-state index in [0.717, 1.165) is 41.9 Å². The van der Waals surface area contributed by atoms with Gasteiger partial charge in [-0.25, -0.2) is 15.8 Å². The number of thioether (sulfide) groups is 1. The highest BCUT2D eigenvalue weighted by Gasteiger charge is 2.22. The van der Waals surface area contributed by atoms with Crippen molar-refractivity contribution < 1.29 is 0 Å². The molecule has 1 aliphatic rings. The average Bonchev–Trinajstić information content (AvgIpc) is 2.41. The van der Waals surface area contributed by atoms with Gasteiger partial charge in [0.25, 0.3) is 0 Å². The maximum atomic E-state index is 5.51. The van der Waals surface area contributed by atoms with Crippen molar-refractivity contribution in [3.63, 3.8) is 0 Å². The summed E-state index contributed by atoms with van der Waals surface area (Å²) in [4.78, 5) is 11.2. The summed E-state index contributed by atoms with van der Waals surface area (Å²) in [5.74, 6) is 9.17. The lowest BCUT2D eigenvalue weighted by atomic mass is 10.2. The largest absolute Gasteiger partial charge is 0.354 e. The molecule has 0 aliphatic carbocycles. The van der Waals surface area contributed by atoms with Gasteiger partial charge >= 0.3 is 0 Å². The Labute approximate surface area is 113 Å². The summed E-state index contributed by atoms with van der Waals surface area (Å²) in [6.07, 6.45) is 1.20. The van der Waals surface area contributed by atoms with Crippen LogP contribution in [0.4, 0.5) is 11.6 Å². The number of hydrazine groups is 1.